The van der Waals surface area contributed by atoms with Crippen LogP contribution in [0.5, 0.6) is 0 Å². The number of ether oxygens (including phenoxy) is 1. The maximum absolute atomic E-state index is 12.1. The maximum Gasteiger partial charge on any atom is 0.357 e. The van der Waals surface area contributed by atoms with Crippen molar-refractivity contribution in [2.45, 2.75) is 26.8 Å². The fraction of sp³-hybridized carbons (Fsp3) is 0.357. The molecule has 8 nitrogen and oxygen atoms in total. The molecule has 0 aliphatic carbocycles. The Kier molecular flexibility index (Phi) is 5.58. The molecular weight excluding hydrogens is 320 g/mol. The minimum Gasteiger partial charge on any atom is -0.461 e. The highest BCUT2D eigenvalue weighted by molar-refractivity contribution is 7.14. The lowest BCUT2D eigenvalue weighted by atomic mass is 10.3. The smallest absolute Gasteiger partial charge is 0.357 e. The average molecular weight is 336 g/mol. The lowest BCUT2D eigenvalue weighted by molar-refractivity contribution is 0.0520. The van der Waals surface area contributed by atoms with Crippen LogP contribution in [0.3, 0.4) is 0 Å². The van der Waals surface area contributed by atoms with E-state index >= 15 is 0 Å². The van der Waals surface area contributed by atoms with E-state index in [1.54, 1.807) is 6.92 Å². The third-order valence-electron chi connectivity index (χ3n) is 2.74. The Hall–Kier alpha value is -2.55. The molecule has 1 N–H and O–H groups in total. The SMILES string of the molecule is CCCn1nc(C(=O)Nc2nc(C(=O)OCC)cs2)ccc1=O. The van der Waals surface area contributed by atoms with Crippen molar-refractivity contribution in [3.63, 3.8) is 0 Å². The quantitative estimate of drug-likeness (QED) is 0.803. The lowest BCUT2D eigenvalue weighted by Gasteiger charge is -2.05. The summed E-state index contributed by atoms with van der Waals surface area (Å²) in [4.78, 5) is 39.3. The number of amides is 1. The van der Waals surface area contributed by atoms with Gasteiger partial charge in [-0.1, -0.05) is 6.92 Å². The number of anilines is 1. The molecule has 2 rings (SSSR count). The van der Waals surface area contributed by atoms with Crippen molar-refractivity contribution in [1.29, 1.82) is 0 Å². The summed E-state index contributed by atoms with van der Waals surface area (Å²) in [7, 11) is 0. The zero-order valence-electron chi connectivity index (χ0n) is 12.7. The van der Waals surface area contributed by atoms with Gasteiger partial charge in [0.05, 0.1) is 6.61 Å². The first-order chi connectivity index (χ1) is 11.0. The number of aromatic nitrogens is 3. The van der Waals surface area contributed by atoms with E-state index in [1.165, 1.54) is 22.2 Å². The Bertz CT molecular complexity index is 768. The van der Waals surface area contributed by atoms with Crippen LogP contribution < -0.4 is 10.9 Å². The molecule has 0 radical (unpaired) electrons. The van der Waals surface area contributed by atoms with Crippen LogP contribution in [0.2, 0.25) is 0 Å². The van der Waals surface area contributed by atoms with Crippen LogP contribution in [0.4, 0.5) is 5.13 Å². The van der Waals surface area contributed by atoms with E-state index in [1.807, 2.05) is 6.92 Å². The number of carbonyl (C=O) groups is 2. The van der Waals surface area contributed by atoms with Gasteiger partial charge in [0, 0.05) is 18.0 Å². The van der Waals surface area contributed by atoms with Crippen molar-refractivity contribution in [2.75, 3.05) is 11.9 Å². The second-order valence-electron chi connectivity index (χ2n) is 4.49. The van der Waals surface area contributed by atoms with Crippen molar-refractivity contribution in [1.82, 2.24) is 14.8 Å². The number of thiazole rings is 1. The molecule has 0 aliphatic heterocycles. The van der Waals surface area contributed by atoms with Gasteiger partial charge in [-0.05, 0) is 19.4 Å². The Morgan fingerprint density at radius 1 is 1.30 bits per heavy atom. The monoisotopic (exact) mass is 336 g/mol. The minimum absolute atomic E-state index is 0.103. The second kappa shape index (κ2) is 7.63. The summed E-state index contributed by atoms with van der Waals surface area (Å²) in [6.45, 7) is 4.29. The van der Waals surface area contributed by atoms with Gasteiger partial charge in [-0.25, -0.2) is 14.5 Å². The van der Waals surface area contributed by atoms with E-state index in [9.17, 15) is 14.4 Å². The van der Waals surface area contributed by atoms with Gasteiger partial charge >= 0.3 is 5.97 Å². The molecule has 0 saturated carbocycles. The molecule has 2 heterocycles. The number of hydrogen-bond donors (Lipinski definition) is 1. The summed E-state index contributed by atoms with van der Waals surface area (Å²) in [6, 6.07) is 2.65. The molecule has 2 aromatic heterocycles. The molecule has 0 spiro atoms. The van der Waals surface area contributed by atoms with Gasteiger partial charge < -0.3 is 4.74 Å². The molecular formula is C14H16N4O4S. The van der Waals surface area contributed by atoms with Gasteiger partial charge in [0.2, 0.25) is 0 Å². The summed E-state index contributed by atoms with van der Waals surface area (Å²) in [5.41, 5.74) is -0.0238. The minimum atomic E-state index is -0.543. The summed E-state index contributed by atoms with van der Waals surface area (Å²) in [6.07, 6.45) is 0.730. The highest BCUT2D eigenvalue weighted by Crippen LogP contribution is 2.16. The highest BCUT2D eigenvalue weighted by Gasteiger charge is 2.15. The maximum atomic E-state index is 12.1. The predicted molar refractivity (Wildman–Crippen MR) is 84.8 cm³/mol. The second-order valence-corrected chi connectivity index (χ2v) is 5.35. The van der Waals surface area contributed by atoms with Crippen LogP contribution in [0.15, 0.2) is 22.3 Å². The van der Waals surface area contributed by atoms with E-state index in [0.717, 1.165) is 17.8 Å². The van der Waals surface area contributed by atoms with E-state index in [0.29, 0.717) is 6.54 Å². The number of rotatable bonds is 6. The predicted octanol–water partition coefficient (Wildman–Crippen LogP) is 1.54. The summed E-state index contributed by atoms with van der Waals surface area (Å²) in [5, 5.41) is 8.31. The zero-order valence-corrected chi connectivity index (χ0v) is 13.6. The zero-order chi connectivity index (χ0) is 16.8. The number of aryl methyl sites for hydroxylation is 1. The molecule has 9 heteroatoms. The van der Waals surface area contributed by atoms with Gasteiger partial charge in [-0.3, -0.25) is 14.9 Å². The largest absolute Gasteiger partial charge is 0.461 e. The fourth-order valence-electron chi connectivity index (χ4n) is 1.73. The fourth-order valence-corrected chi connectivity index (χ4v) is 2.41. The van der Waals surface area contributed by atoms with Crippen LogP contribution >= 0.6 is 11.3 Å². The first kappa shape index (κ1) is 16.8. The first-order valence-electron chi connectivity index (χ1n) is 7.07. The van der Waals surface area contributed by atoms with Gasteiger partial charge in [-0.2, -0.15) is 5.10 Å². The summed E-state index contributed by atoms with van der Waals surface area (Å²) in [5.74, 6) is -1.04. The Balaban J connectivity index is 2.12. The summed E-state index contributed by atoms with van der Waals surface area (Å²) >= 11 is 1.10. The summed E-state index contributed by atoms with van der Waals surface area (Å²) < 4.78 is 6.07. The van der Waals surface area contributed by atoms with Crippen molar-refractivity contribution < 1.29 is 14.3 Å². The third-order valence-corrected chi connectivity index (χ3v) is 3.50. The van der Waals surface area contributed by atoms with Gasteiger partial charge in [-0.15, -0.1) is 11.3 Å². The number of nitrogens with zero attached hydrogens (tertiary/aromatic N) is 3. The van der Waals surface area contributed by atoms with E-state index in [-0.39, 0.29) is 28.7 Å². The molecule has 0 unspecified atom stereocenters. The third kappa shape index (κ3) is 4.22. The molecule has 0 saturated heterocycles. The standard InChI is InChI=1S/C14H16N4O4S/c1-3-7-18-11(19)6-5-9(17-18)12(20)16-14-15-10(8-23-14)13(21)22-4-2/h5-6,8H,3-4,7H2,1-2H3,(H,15,16,20). The Morgan fingerprint density at radius 2 is 2.09 bits per heavy atom. The van der Waals surface area contributed by atoms with Crippen molar-refractivity contribution in [2.24, 2.45) is 0 Å². The van der Waals surface area contributed by atoms with E-state index in [4.69, 9.17) is 4.74 Å². The number of nitrogens with one attached hydrogen (secondary N) is 1. The molecule has 0 aliphatic rings. The molecule has 0 bridgehead atoms. The van der Waals surface area contributed by atoms with Crippen molar-refractivity contribution in [3.05, 3.63) is 39.3 Å². The number of hydrogen-bond acceptors (Lipinski definition) is 7. The molecule has 0 aromatic carbocycles. The van der Waals surface area contributed by atoms with E-state index in [2.05, 4.69) is 15.4 Å². The molecule has 1 amide bonds. The highest BCUT2D eigenvalue weighted by atomic mass is 32.1. The van der Waals surface area contributed by atoms with Crippen LogP contribution in [0, 0.1) is 0 Å². The lowest BCUT2D eigenvalue weighted by Crippen LogP contribution is -2.26. The van der Waals surface area contributed by atoms with Crippen molar-refractivity contribution in [3.8, 4) is 0 Å². The average Bonchev–Trinajstić information content (AvgIpc) is 2.98. The number of carbonyl (C=O) groups excluding carboxylic acids is 2. The van der Waals surface area contributed by atoms with E-state index < -0.39 is 11.9 Å². The molecule has 23 heavy (non-hydrogen) atoms. The Morgan fingerprint density at radius 3 is 2.78 bits per heavy atom. The van der Waals surface area contributed by atoms with Gasteiger partial charge in [0.15, 0.2) is 10.8 Å². The molecule has 122 valence electrons. The molecule has 0 atom stereocenters. The normalized spacial score (nSPS) is 10.3. The number of esters is 1. The molecule has 2 aromatic rings. The topological polar surface area (TPSA) is 103 Å². The van der Waals surface area contributed by atoms with Crippen LogP contribution in [-0.2, 0) is 11.3 Å². The van der Waals surface area contributed by atoms with Gasteiger partial charge in [0.1, 0.15) is 5.69 Å². The van der Waals surface area contributed by atoms with Crippen LogP contribution in [0.1, 0.15) is 41.2 Å². The van der Waals surface area contributed by atoms with Crippen molar-refractivity contribution >= 4 is 28.3 Å². The Labute approximate surface area is 136 Å². The van der Waals surface area contributed by atoms with Crippen LogP contribution in [0.25, 0.3) is 0 Å². The molecule has 0 fully saturated rings. The van der Waals surface area contributed by atoms with Gasteiger partial charge in [0.25, 0.3) is 11.5 Å². The van der Waals surface area contributed by atoms with Crippen LogP contribution in [-0.4, -0.2) is 33.2 Å². The first-order valence-corrected chi connectivity index (χ1v) is 7.95.